The molecule has 13 heavy (non-hydrogen) atoms. The van der Waals surface area contributed by atoms with Crippen LogP contribution < -0.4 is 5.73 Å². The molecule has 1 atom stereocenters. The lowest BCUT2D eigenvalue weighted by Gasteiger charge is -2.48. The summed E-state index contributed by atoms with van der Waals surface area (Å²) in [6.45, 7) is 7.45. The van der Waals surface area contributed by atoms with Crippen molar-refractivity contribution in [1.82, 2.24) is 4.90 Å². The van der Waals surface area contributed by atoms with Gasteiger partial charge in [-0.25, -0.2) is 0 Å². The lowest BCUT2D eigenvalue weighted by molar-refractivity contribution is 0.0498. The number of nitrogens with zero attached hydrogens (tertiary/aromatic N) is 1. The molecule has 2 aliphatic rings. The van der Waals surface area contributed by atoms with Gasteiger partial charge in [-0.15, -0.1) is 0 Å². The van der Waals surface area contributed by atoms with E-state index in [-0.39, 0.29) is 5.54 Å². The Bertz CT molecular complexity index is 172. The standard InChI is InChI=1S/C10H20N2O/c1-2-10(11)7-12(8-10)5-9-3-4-13-6-9/h9H,2-8,11H2,1H3. The van der Waals surface area contributed by atoms with E-state index < -0.39 is 0 Å². The summed E-state index contributed by atoms with van der Waals surface area (Å²) in [5, 5.41) is 0. The van der Waals surface area contributed by atoms with Gasteiger partial charge in [-0.2, -0.15) is 0 Å². The third-order valence-corrected chi connectivity index (χ3v) is 3.32. The minimum absolute atomic E-state index is 0.124. The molecule has 0 radical (unpaired) electrons. The topological polar surface area (TPSA) is 38.5 Å². The van der Waals surface area contributed by atoms with Gasteiger partial charge in [-0.1, -0.05) is 6.92 Å². The van der Waals surface area contributed by atoms with Gasteiger partial charge in [0.2, 0.25) is 0 Å². The molecule has 2 aliphatic heterocycles. The Balaban J connectivity index is 1.68. The van der Waals surface area contributed by atoms with Crippen LogP contribution in [0.1, 0.15) is 19.8 Å². The highest BCUT2D eigenvalue weighted by atomic mass is 16.5. The summed E-state index contributed by atoms with van der Waals surface area (Å²) in [7, 11) is 0. The molecule has 0 aliphatic carbocycles. The van der Waals surface area contributed by atoms with E-state index >= 15 is 0 Å². The molecule has 0 amide bonds. The average molecular weight is 184 g/mol. The molecule has 0 spiro atoms. The zero-order valence-electron chi connectivity index (χ0n) is 8.46. The molecule has 0 aromatic rings. The Kier molecular flexibility index (Phi) is 2.58. The molecule has 0 aromatic carbocycles. The zero-order valence-corrected chi connectivity index (χ0v) is 8.46. The van der Waals surface area contributed by atoms with E-state index in [9.17, 15) is 0 Å². The zero-order chi connectivity index (χ0) is 9.31. The third kappa shape index (κ3) is 2.03. The summed E-state index contributed by atoms with van der Waals surface area (Å²) in [5.74, 6) is 0.765. The van der Waals surface area contributed by atoms with E-state index in [1.165, 1.54) is 13.0 Å². The number of rotatable bonds is 3. The Morgan fingerprint density at radius 3 is 2.85 bits per heavy atom. The third-order valence-electron chi connectivity index (χ3n) is 3.32. The van der Waals surface area contributed by atoms with Crippen LogP contribution in [0.25, 0.3) is 0 Å². The number of nitrogens with two attached hydrogens (primary N) is 1. The van der Waals surface area contributed by atoms with Crippen LogP contribution in [0.3, 0.4) is 0 Å². The van der Waals surface area contributed by atoms with Crippen molar-refractivity contribution in [3.05, 3.63) is 0 Å². The predicted octanol–water partition coefficient (Wildman–Crippen LogP) is 0.446. The van der Waals surface area contributed by atoms with Gasteiger partial charge in [-0.05, 0) is 18.8 Å². The first-order valence-corrected chi connectivity index (χ1v) is 5.31. The molecule has 2 heterocycles. The van der Waals surface area contributed by atoms with Crippen LogP contribution in [0.15, 0.2) is 0 Å². The normalized spacial score (nSPS) is 33.2. The molecule has 0 bridgehead atoms. The van der Waals surface area contributed by atoms with Crippen LogP contribution in [0.4, 0.5) is 0 Å². The molecule has 76 valence electrons. The number of hydrogen-bond acceptors (Lipinski definition) is 3. The smallest absolute Gasteiger partial charge is 0.0507 e. The van der Waals surface area contributed by atoms with Crippen LogP contribution in [0.5, 0.6) is 0 Å². The largest absolute Gasteiger partial charge is 0.381 e. The number of hydrogen-bond donors (Lipinski definition) is 1. The molecule has 2 fully saturated rings. The second-order valence-corrected chi connectivity index (χ2v) is 4.62. The van der Waals surface area contributed by atoms with E-state index in [2.05, 4.69) is 11.8 Å². The molecule has 2 saturated heterocycles. The molecule has 2 rings (SSSR count). The average Bonchev–Trinajstić information content (AvgIpc) is 2.54. The minimum Gasteiger partial charge on any atom is -0.381 e. The highest BCUT2D eigenvalue weighted by Gasteiger charge is 2.38. The van der Waals surface area contributed by atoms with Crippen molar-refractivity contribution in [3.8, 4) is 0 Å². The highest BCUT2D eigenvalue weighted by molar-refractivity contribution is 4.99. The molecule has 3 nitrogen and oxygen atoms in total. The lowest BCUT2D eigenvalue weighted by Crippen LogP contribution is -2.67. The van der Waals surface area contributed by atoms with Gasteiger partial charge in [0.15, 0.2) is 0 Å². The van der Waals surface area contributed by atoms with Crippen LogP contribution in [0, 0.1) is 5.92 Å². The van der Waals surface area contributed by atoms with Crippen LogP contribution >= 0.6 is 0 Å². The van der Waals surface area contributed by atoms with E-state index in [1.54, 1.807) is 0 Å². The second kappa shape index (κ2) is 3.56. The lowest BCUT2D eigenvalue weighted by atomic mass is 9.87. The predicted molar refractivity (Wildman–Crippen MR) is 52.6 cm³/mol. The molecule has 0 aromatic heterocycles. The van der Waals surface area contributed by atoms with E-state index in [0.717, 1.165) is 38.6 Å². The van der Waals surface area contributed by atoms with Crippen molar-refractivity contribution in [2.24, 2.45) is 11.7 Å². The second-order valence-electron chi connectivity index (χ2n) is 4.62. The maximum atomic E-state index is 6.09. The Hall–Kier alpha value is -0.120. The fraction of sp³-hybridized carbons (Fsp3) is 1.00. The minimum atomic E-state index is 0.124. The molecular weight excluding hydrogens is 164 g/mol. The van der Waals surface area contributed by atoms with Gasteiger partial charge in [-0.3, -0.25) is 4.90 Å². The van der Waals surface area contributed by atoms with Crippen LogP contribution in [-0.2, 0) is 4.74 Å². The van der Waals surface area contributed by atoms with Crippen molar-refractivity contribution >= 4 is 0 Å². The van der Waals surface area contributed by atoms with E-state index in [4.69, 9.17) is 10.5 Å². The van der Waals surface area contributed by atoms with Gasteiger partial charge in [0.1, 0.15) is 0 Å². The Morgan fingerprint density at radius 1 is 1.54 bits per heavy atom. The molecule has 2 N–H and O–H groups in total. The monoisotopic (exact) mass is 184 g/mol. The Morgan fingerprint density at radius 2 is 2.31 bits per heavy atom. The summed E-state index contributed by atoms with van der Waals surface area (Å²) >= 11 is 0. The number of ether oxygens (including phenoxy) is 1. The first-order valence-electron chi connectivity index (χ1n) is 5.31. The SMILES string of the molecule is CCC1(N)CN(CC2CCOC2)C1. The maximum absolute atomic E-state index is 6.09. The maximum Gasteiger partial charge on any atom is 0.0507 e. The first-order chi connectivity index (χ1) is 6.22. The van der Waals surface area contributed by atoms with Crippen molar-refractivity contribution in [2.45, 2.75) is 25.3 Å². The van der Waals surface area contributed by atoms with E-state index in [1.807, 2.05) is 0 Å². The van der Waals surface area contributed by atoms with Crippen molar-refractivity contribution in [2.75, 3.05) is 32.8 Å². The fourth-order valence-electron chi connectivity index (χ4n) is 2.29. The fourth-order valence-corrected chi connectivity index (χ4v) is 2.29. The summed E-state index contributed by atoms with van der Waals surface area (Å²) in [6, 6.07) is 0. The van der Waals surface area contributed by atoms with Crippen molar-refractivity contribution in [1.29, 1.82) is 0 Å². The van der Waals surface area contributed by atoms with Gasteiger partial charge in [0, 0.05) is 31.8 Å². The van der Waals surface area contributed by atoms with Crippen LogP contribution in [0.2, 0.25) is 0 Å². The highest BCUT2D eigenvalue weighted by Crippen LogP contribution is 2.24. The first kappa shape index (κ1) is 9.44. The molecule has 0 saturated carbocycles. The van der Waals surface area contributed by atoms with Crippen molar-refractivity contribution < 1.29 is 4.74 Å². The summed E-state index contributed by atoms with van der Waals surface area (Å²) < 4.78 is 5.35. The van der Waals surface area contributed by atoms with E-state index in [0.29, 0.717) is 0 Å². The van der Waals surface area contributed by atoms with Gasteiger partial charge >= 0.3 is 0 Å². The van der Waals surface area contributed by atoms with Gasteiger partial charge in [0.05, 0.1) is 6.61 Å². The quantitative estimate of drug-likeness (QED) is 0.692. The number of likely N-dealkylation sites (tertiary alicyclic amines) is 1. The molecule has 1 unspecified atom stereocenters. The summed E-state index contributed by atoms with van der Waals surface area (Å²) in [5.41, 5.74) is 6.22. The van der Waals surface area contributed by atoms with Crippen molar-refractivity contribution in [3.63, 3.8) is 0 Å². The summed E-state index contributed by atoms with van der Waals surface area (Å²) in [6.07, 6.45) is 2.34. The van der Waals surface area contributed by atoms with Gasteiger partial charge in [0.25, 0.3) is 0 Å². The van der Waals surface area contributed by atoms with Gasteiger partial charge < -0.3 is 10.5 Å². The Labute approximate surface area is 80.2 Å². The molecular formula is C10H20N2O. The van der Waals surface area contributed by atoms with Crippen LogP contribution in [-0.4, -0.2) is 43.3 Å². The molecule has 3 heteroatoms. The summed E-state index contributed by atoms with van der Waals surface area (Å²) in [4.78, 5) is 2.46.